The number of aromatic carboxylic acids is 1. The zero-order chi connectivity index (χ0) is 28.6. The third-order valence-electron chi connectivity index (χ3n) is 8.42. The molecule has 1 fully saturated rings. The summed E-state index contributed by atoms with van der Waals surface area (Å²) in [4.78, 5) is 11.9. The SMILES string of the molecule is CCCCCCCCCCOc1ccc(C(=O)O)c(-c2ccc(OCCCC3CCC(CCC)CC3)cc2)c1F. The lowest BCUT2D eigenvalue weighted by atomic mass is 9.78. The van der Waals surface area contributed by atoms with Gasteiger partial charge >= 0.3 is 5.97 Å². The monoisotopic (exact) mass is 554 g/mol. The van der Waals surface area contributed by atoms with Gasteiger partial charge in [-0.05, 0) is 60.9 Å². The smallest absolute Gasteiger partial charge is 0.336 e. The molecule has 1 aliphatic carbocycles. The fourth-order valence-corrected chi connectivity index (χ4v) is 6.04. The Balaban J connectivity index is 1.48. The second kappa shape index (κ2) is 18.0. The Labute approximate surface area is 241 Å². The molecule has 1 N–H and O–H groups in total. The van der Waals surface area contributed by atoms with E-state index in [1.807, 2.05) is 0 Å². The van der Waals surface area contributed by atoms with Gasteiger partial charge in [0.25, 0.3) is 0 Å². The third kappa shape index (κ3) is 10.4. The standard InChI is InChI=1S/C35H51FO4/c1-3-5-6-7-8-9-10-11-25-40-32-24-23-31(35(37)38)33(34(32)36)29-19-21-30(22-20-29)39-26-12-14-28-17-15-27(13-4-2)16-18-28/h19-24,27-28H,3-18,25-26H2,1-2H3,(H,37,38). The normalized spacial score (nSPS) is 17.1. The number of unbranched alkanes of at least 4 members (excludes halogenated alkanes) is 7. The molecule has 0 unspecified atom stereocenters. The fourth-order valence-electron chi connectivity index (χ4n) is 6.04. The molecule has 0 amide bonds. The molecule has 0 aromatic heterocycles. The Morgan fingerprint density at radius 2 is 1.35 bits per heavy atom. The van der Waals surface area contributed by atoms with Crippen molar-refractivity contribution in [2.75, 3.05) is 13.2 Å². The summed E-state index contributed by atoms with van der Waals surface area (Å²) >= 11 is 0. The lowest BCUT2D eigenvalue weighted by molar-refractivity contribution is 0.0697. The number of ether oxygens (including phenoxy) is 2. The van der Waals surface area contributed by atoms with Crippen LogP contribution >= 0.6 is 0 Å². The maximum atomic E-state index is 15.5. The van der Waals surface area contributed by atoms with Crippen LogP contribution < -0.4 is 9.47 Å². The van der Waals surface area contributed by atoms with Crippen LogP contribution in [0.2, 0.25) is 0 Å². The molecule has 0 spiro atoms. The van der Waals surface area contributed by atoms with Crippen LogP contribution in [0.3, 0.4) is 0 Å². The van der Waals surface area contributed by atoms with Crippen molar-refractivity contribution in [2.24, 2.45) is 11.8 Å². The second-order valence-electron chi connectivity index (χ2n) is 11.6. The zero-order valence-electron chi connectivity index (χ0n) is 24.9. The fraction of sp³-hybridized carbons (Fsp3) is 0.629. The molecule has 2 aromatic rings. The van der Waals surface area contributed by atoms with Crippen LogP contribution in [0.4, 0.5) is 4.39 Å². The molecular formula is C35H51FO4. The van der Waals surface area contributed by atoms with Gasteiger partial charge in [0.1, 0.15) is 5.75 Å². The van der Waals surface area contributed by atoms with Crippen molar-refractivity contribution in [3.63, 3.8) is 0 Å². The number of hydrogen-bond donors (Lipinski definition) is 1. The molecule has 5 heteroatoms. The van der Waals surface area contributed by atoms with E-state index in [-0.39, 0.29) is 16.9 Å². The summed E-state index contributed by atoms with van der Waals surface area (Å²) in [6.45, 7) is 5.58. The summed E-state index contributed by atoms with van der Waals surface area (Å²) in [5.41, 5.74) is 0.494. The number of carboxylic acid groups (broad SMARTS) is 1. The van der Waals surface area contributed by atoms with Gasteiger partial charge in [-0.1, -0.05) is 109 Å². The van der Waals surface area contributed by atoms with E-state index in [2.05, 4.69) is 13.8 Å². The lowest BCUT2D eigenvalue weighted by Gasteiger charge is -2.28. The van der Waals surface area contributed by atoms with E-state index in [1.54, 1.807) is 24.3 Å². The van der Waals surface area contributed by atoms with E-state index in [9.17, 15) is 9.90 Å². The van der Waals surface area contributed by atoms with Crippen LogP contribution in [0.1, 0.15) is 127 Å². The zero-order valence-corrected chi connectivity index (χ0v) is 24.9. The Kier molecular flexibility index (Phi) is 14.4. The van der Waals surface area contributed by atoms with Crippen molar-refractivity contribution < 1.29 is 23.8 Å². The Hall–Kier alpha value is -2.56. The van der Waals surface area contributed by atoms with Gasteiger partial charge in [0.2, 0.25) is 0 Å². The molecule has 40 heavy (non-hydrogen) atoms. The van der Waals surface area contributed by atoms with Gasteiger partial charge in [0.15, 0.2) is 11.6 Å². The summed E-state index contributed by atoms with van der Waals surface area (Å²) in [6.07, 6.45) is 19.8. The van der Waals surface area contributed by atoms with Crippen LogP contribution in [0, 0.1) is 17.7 Å². The molecular weight excluding hydrogens is 503 g/mol. The third-order valence-corrected chi connectivity index (χ3v) is 8.42. The molecule has 0 saturated heterocycles. The van der Waals surface area contributed by atoms with Crippen molar-refractivity contribution in [2.45, 2.75) is 117 Å². The molecule has 0 bridgehead atoms. The van der Waals surface area contributed by atoms with E-state index in [0.29, 0.717) is 18.8 Å². The van der Waals surface area contributed by atoms with E-state index in [1.165, 1.54) is 89.2 Å². The molecule has 1 saturated carbocycles. The highest BCUT2D eigenvalue weighted by Crippen LogP contribution is 2.35. The predicted octanol–water partition coefficient (Wildman–Crippen LogP) is 10.5. The molecule has 4 nitrogen and oxygen atoms in total. The van der Waals surface area contributed by atoms with Crippen molar-refractivity contribution in [1.29, 1.82) is 0 Å². The summed E-state index contributed by atoms with van der Waals surface area (Å²) in [5, 5.41) is 9.71. The molecule has 0 heterocycles. The van der Waals surface area contributed by atoms with Crippen molar-refractivity contribution >= 4 is 5.97 Å². The molecule has 3 rings (SSSR count). The van der Waals surface area contributed by atoms with E-state index < -0.39 is 11.8 Å². The van der Waals surface area contributed by atoms with E-state index >= 15 is 4.39 Å². The topological polar surface area (TPSA) is 55.8 Å². The largest absolute Gasteiger partial charge is 0.494 e. The lowest BCUT2D eigenvalue weighted by Crippen LogP contribution is -2.15. The van der Waals surface area contributed by atoms with Crippen LogP contribution in [-0.4, -0.2) is 24.3 Å². The first-order chi connectivity index (χ1) is 19.5. The van der Waals surface area contributed by atoms with Crippen LogP contribution in [0.5, 0.6) is 11.5 Å². The summed E-state index contributed by atoms with van der Waals surface area (Å²) in [7, 11) is 0. The van der Waals surface area contributed by atoms with E-state index in [4.69, 9.17) is 9.47 Å². The highest BCUT2D eigenvalue weighted by molar-refractivity contribution is 5.96. The van der Waals surface area contributed by atoms with Crippen molar-refractivity contribution in [3.8, 4) is 22.6 Å². The van der Waals surface area contributed by atoms with Crippen LogP contribution in [-0.2, 0) is 0 Å². The van der Waals surface area contributed by atoms with Crippen molar-refractivity contribution in [3.05, 3.63) is 47.8 Å². The highest BCUT2D eigenvalue weighted by atomic mass is 19.1. The van der Waals surface area contributed by atoms with Crippen LogP contribution in [0.15, 0.2) is 36.4 Å². The Morgan fingerprint density at radius 1 is 0.750 bits per heavy atom. The van der Waals surface area contributed by atoms with Gasteiger partial charge in [0.05, 0.1) is 18.8 Å². The quantitative estimate of drug-likeness (QED) is 0.175. The van der Waals surface area contributed by atoms with Crippen LogP contribution in [0.25, 0.3) is 11.1 Å². The minimum atomic E-state index is -1.16. The molecule has 0 aliphatic heterocycles. The Bertz CT molecular complexity index is 995. The second-order valence-corrected chi connectivity index (χ2v) is 11.6. The van der Waals surface area contributed by atoms with Gasteiger partial charge in [-0.25, -0.2) is 9.18 Å². The van der Waals surface area contributed by atoms with E-state index in [0.717, 1.165) is 43.3 Å². The maximum absolute atomic E-state index is 15.5. The molecule has 0 radical (unpaired) electrons. The number of hydrogen-bond acceptors (Lipinski definition) is 3. The first-order valence-electron chi connectivity index (χ1n) is 15.9. The number of carbonyl (C=O) groups is 1. The molecule has 1 aliphatic rings. The van der Waals surface area contributed by atoms with Gasteiger partial charge in [-0.3, -0.25) is 0 Å². The van der Waals surface area contributed by atoms with Gasteiger partial charge in [-0.2, -0.15) is 0 Å². The number of benzene rings is 2. The van der Waals surface area contributed by atoms with Crippen molar-refractivity contribution in [1.82, 2.24) is 0 Å². The minimum absolute atomic E-state index is 0.0612. The first kappa shape index (κ1) is 32.0. The average molecular weight is 555 g/mol. The van der Waals surface area contributed by atoms with Gasteiger partial charge in [-0.15, -0.1) is 0 Å². The summed E-state index contributed by atoms with van der Waals surface area (Å²) in [6, 6.07) is 9.93. The highest BCUT2D eigenvalue weighted by Gasteiger charge is 2.21. The van der Waals surface area contributed by atoms with Gasteiger partial charge in [0, 0.05) is 5.56 Å². The maximum Gasteiger partial charge on any atom is 0.336 e. The molecule has 0 atom stereocenters. The minimum Gasteiger partial charge on any atom is -0.494 e. The van der Waals surface area contributed by atoms with Gasteiger partial charge < -0.3 is 14.6 Å². The predicted molar refractivity (Wildman–Crippen MR) is 162 cm³/mol. The molecule has 222 valence electrons. The summed E-state index contributed by atoms with van der Waals surface area (Å²) < 4.78 is 27.2. The molecule has 2 aromatic carbocycles. The average Bonchev–Trinajstić information content (AvgIpc) is 2.96. The number of carboxylic acids is 1. The summed E-state index contributed by atoms with van der Waals surface area (Å²) in [5.74, 6) is 0.794. The number of rotatable bonds is 19. The Morgan fingerprint density at radius 3 is 1.98 bits per heavy atom. The first-order valence-corrected chi connectivity index (χ1v) is 15.9. The number of halogens is 1.